The fourth-order valence-corrected chi connectivity index (χ4v) is 0.202. The van der Waals surface area contributed by atoms with Crippen LogP contribution in [0.1, 0.15) is 0 Å². The van der Waals surface area contributed by atoms with E-state index >= 15 is 0 Å². The van der Waals surface area contributed by atoms with Crippen LogP contribution >= 0.6 is 0 Å². The SMILES string of the molecule is C#CC=COC=CC#C. The molecule has 0 radical (unpaired) electrons. The van der Waals surface area contributed by atoms with E-state index in [2.05, 4.69) is 16.6 Å². The second-order valence-corrected chi connectivity index (χ2v) is 1.07. The maximum atomic E-state index is 4.86. The van der Waals surface area contributed by atoms with Crippen molar-refractivity contribution < 1.29 is 4.74 Å². The Balaban J connectivity index is 3.35. The number of rotatable bonds is 2. The Bertz CT molecular complexity index is 164. The monoisotopic (exact) mass is 118 g/mol. The summed E-state index contributed by atoms with van der Waals surface area (Å²) in [6.07, 6.45) is 15.3. The van der Waals surface area contributed by atoms with E-state index in [0.29, 0.717) is 0 Å². The van der Waals surface area contributed by atoms with E-state index in [1.807, 2.05) is 0 Å². The normalized spacial score (nSPS) is 9.11. The molecule has 0 aliphatic carbocycles. The minimum absolute atomic E-state index is 1.37. The van der Waals surface area contributed by atoms with E-state index in [1.165, 1.54) is 24.7 Å². The van der Waals surface area contributed by atoms with Crippen LogP contribution in [-0.4, -0.2) is 0 Å². The molecule has 0 unspecified atom stereocenters. The van der Waals surface area contributed by atoms with Gasteiger partial charge in [0.25, 0.3) is 0 Å². The summed E-state index contributed by atoms with van der Waals surface area (Å²) in [5, 5.41) is 0. The molecule has 0 aromatic rings. The molecule has 0 aliphatic heterocycles. The third kappa shape index (κ3) is 6.40. The van der Waals surface area contributed by atoms with Gasteiger partial charge in [0.05, 0.1) is 12.5 Å². The smallest absolute Gasteiger partial charge is 0.0985 e. The van der Waals surface area contributed by atoms with Crippen molar-refractivity contribution in [2.45, 2.75) is 0 Å². The molecular formula is C8H6O. The van der Waals surface area contributed by atoms with Gasteiger partial charge in [-0.15, -0.1) is 12.8 Å². The summed E-state index contributed by atoms with van der Waals surface area (Å²) in [4.78, 5) is 0. The predicted molar refractivity (Wildman–Crippen MR) is 37.0 cm³/mol. The third-order valence-corrected chi connectivity index (χ3v) is 0.486. The fourth-order valence-electron chi connectivity index (χ4n) is 0.202. The lowest BCUT2D eigenvalue weighted by atomic mass is 10.6. The van der Waals surface area contributed by atoms with Crippen molar-refractivity contribution in [3.63, 3.8) is 0 Å². The van der Waals surface area contributed by atoms with Crippen LogP contribution in [0, 0.1) is 24.7 Å². The Morgan fingerprint density at radius 3 is 1.78 bits per heavy atom. The highest BCUT2D eigenvalue weighted by Gasteiger charge is 1.61. The highest BCUT2D eigenvalue weighted by atomic mass is 16.5. The van der Waals surface area contributed by atoms with Gasteiger partial charge in [0.15, 0.2) is 0 Å². The maximum absolute atomic E-state index is 4.86. The molecule has 0 atom stereocenters. The van der Waals surface area contributed by atoms with E-state index in [-0.39, 0.29) is 0 Å². The van der Waals surface area contributed by atoms with Crippen LogP contribution in [0.3, 0.4) is 0 Å². The van der Waals surface area contributed by atoms with Gasteiger partial charge < -0.3 is 4.74 Å². The standard InChI is InChI=1S/C8H6O/c1-3-5-7-9-8-6-4-2/h1-2,5-8H. The lowest BCUT2D eigenvalue weighted by Gasteiger charge is -1.81. The Morgan fingerprint density at radius 2 is 1.44 bits per heavy atom. The Morgan fingerprint density at radius 1 is 1.00 bits per heavy atom. The van der Waals surface area contributed by atoms with Crippen molar-refractivity contribution in [3.05, 3.63) is 24.7 Å². The summed E-state index contributed by atoms with van der Waals surface area (Å²) in [7, 11) is 0. The lowest BCUT2D eigenvalue weighted by Crippen LogP contribution is -1.61. The van der Waals surface area contributed by atoms with Crippen molar-refractivity contribution in [2.24, 2.45) is 0 Å². The highest BCUT2D eigenvalue weighted by Crippen LogP contribution is 1.77. The zero-order chi connectivity index (χ0) is 6.95. The van der Waals surface area contributed by atoms with Gasteiger partial charge in [-0.2, -0.15) is 0 Å². The van der Waals surface area contributed by atoms with Crippen LogP contribution in [0.15, 0.2) is 24.7 Å². The first-order valence-electron chi connectivity index (χ1n) is 2.29. The number of allylic oxidation sites excluding steroid dienone is 2. The predicted octanol–water partition coefficient (Wildman–Crippen LogP) is 1.30. The molecule has 0 aromatic heterocycles. The summed E-state index contributed by atoms with van der Waals surface area (Å²) < 4.78 is 4.67. The van der Waals surface area contributed by atoms with Crippen molar-refractivity contribution in [1.82, 2.24) is 0 Å². The van der Waals surface area contributed by atoms with E-state index in [1.54, 1.807) is 0 Å². The van der Waals surface area contributed by atoms with Gasteiger partial charge in [-0.25, -0.2) is 0 Å². The van der Waals surface area contributed by atoms with Crippen LogP contribution in [-0.2, 0) is 4.74 Å². The molecule has 0 N–H and O–H groups in total. The van der Waals surface area contributed by atoms with E-state index in [9.17, 15) is 0 Å². The van der Waals surface area contributed by atoms with E-state index in [0.717, 1.165) is 0 Å². The van der Waals surface area contributed by atoms with Crippen molar-refractivity contribution in [2.75, 3.05) is 0 Å². The molecule has 0 aromatic carbocycles. The highest BCUT2D eigenvalue weighted by molar-refractivity contribution is 5.08. The molecule has 1 heteroatoms. The van der Waals surface area contributed by atoms with Gasteiger partial charge in [0.2, 0.25) is 0 Å². The average molecular weight is 118 g/mol. The van der Waals surface area contributed by atoms with Gasteiger partial charge in [-0.3, -0.25) is 0 Å². The van der Waals surface area contributed by atoms with Crippen LogP contribution in [0.2, 0.25) is 0 Å². The Kier molecular flexibility index (Phi) is 5.26. The zero-order valence-corrected chi connectivity index (χ0v) is 4.87. The zero-order valence-electron chi connectivity index (χ0n) is 4.87. The number of hydrogen-bond donors (Lipinski definition) is 0. The van der Waals surface area contributed by atoms with Crippen LogP contribution in [0.25, 0.3) is 0 Å². The average Bonchev–Trinajstić information content (AvgIpc) is 1.89. The molecule has 0 rings (SSSR count). The molecule has 0 heterocycles. The van der Waals surface area contributed by atoms with Crippen LogP contribution in [0.5, 0.6) is 0 Å². The number of ether oxygens (including phenoxy) is 1. The van der Waals surface area contributed by atoms with Gasteiger partial charge in [0.1, 0.15) is 0 Å². The van der Waals surface area contributed by atoms with Gasteiger partial charge in [-0.1, -0.05) is 11.8 Å². The minimum Gasteiger partial charge on any atom is -0.471 e. The third-order valence-electron chi connectivity index (χ3n) is 0.486. The van der Waals surface area contributed by atoms with Gasteiger partial charge in [0, 0.05) is 12.2 Å². The van der Waals surface area contributed by atoms with Gasteiger partial charge in [-0.05, 0) is 0 Å². The first kappa shape index (κ1) is 7.40. The molecular weight excluding hydrogens is 112 g/mol. The molecule has 0 saturated carbocycles. The quantitative estimate of drug-likeness (QED) is 0.392. The van der Waals surface area contributed by atoms with E-state index < -0.39 is 0 Å². The molecule has 44 valence electrons. The fraction of sp³-hybridized carbons (Fsp3) is 0. The summed E-state index contributed by atoms with van der Waals surface area (Å²) in [6, 6.07) is 0. The van der Waals surface area contributed by atoms with Crippen molar-refractivity contribution in [1.29, 1.82) is 0 Å². The van der Waals surface area contributed by atoms with E-state index in [4.69, 9.17) is 12.8 Å². The first-order chi connectivity index (χ1) is 4.41. The molecule has 0 bridgehead atoms. The second-order valence-electron chi connectivity index (χ2n) is 1.07. The summed E-state index contributed by atoms with van der Waals surface area (Å²) in [5.74, 6) is 4.51. The molecule has 9 heavy (non-hydrogen) atoms. The molecule has 0 saturated heterocycles. The molecule has 1 nitrogen and oxygen atoms in total. The molecule has 0 aliphatic rings. The summed E-state index contributed by atoms with van der Waals surface area (Å²) in [5.41, 5.74) is 0. The maximum Gasteiger partial charge on any atom is 0.0985 e. The van der Waals surface area contributed by atoms with Crippen molar-refractivity contribution >= 4 is 0 Å². The Labute approximate surface area is 55.0 Å². The second kappa shape index (κ2) is 6.40. The Hall–Kier alpha value is -1.60. The number of terminal acetylenes is 2. The van der Waals surface area contributed by atoms with Crippen molar-refractivity contribution in [3.8, 4) is 24.7 Å². The molecule has 0 fully saturated rings. The van der Waals surface area contributed by atoms with Crippen LogP contribution in [0.4, 0.5) is 0 Å². The first-order valence-corrected chi connectivity index (χ1v) is 2.29. The minimum atomic E-state index is 1.37. The molecule has 0 amide bonds. The summed E-state index contributed by atoms with van der Waals surface area (Å²) in [6.45, 7) is 0. The number of hydrogen-bond acceptors (Lipinski definition) is 1. The summed E-state index contributed by atoms with van der Waals surface area (Å²) >= 11 is 0. The largest absolute Gasteiger partial charge is 0.471 e. The lowest BCUT2D eigenvalue weighted by molar-refractivity contribution is 0.403. The molecule has 0 spiro atoms. The van der Waals surface area contributed by atoms with Gasteiger partial charge >= 0.3 is 0 Å². The topological polar surface area (TPSA) is 9.23 Å². The van der Waals surface area contributed by atoms with Crippen LogP contribution < -0.4 is 0 Å².